The van der Waals surface area contributed by atoms with Crippen LogP contribution in [0.1, 0.15) is 33.1 Å². The van der Waals surface area contributed by atoms with Gasteiger partial charge in [0, 0.05) is 5.97 Å². The molecule has 0 bridgehead atoms. The van der Waals surface area contributed by atoms with Crippen molar-refractivity contribution in [3.05, 3.63) is 11.1 Å². The van der Waals surface area contributed by atoms with E-state index < -0.39 is 18.6 Å². The zero-order chi connectivity index (χ0) is 11.4. The maximum Gasteiger partial charge on any atom is 0.392 e. The van der Waals surface area contributed by atoms with E-state index in [1.165, 1.54) is 13.8 Å². The topological polar surface area (TPSA) is 40.1 Å². The minimum atomic E-state index is -4.23. The van der Waals surface area contributed by atoms with Gasteiger partial charge in [-0.2, -0.15) is 13.2 Å². The molecule has 0 aliphatic carbocycles. The molecule has 14 heavy (non-hydrogen) atoms. The molecule has 0 rings (SSSR count). The van der Waals surface area contributed by atoms with Gasteiger partial charge in [0.1, 0.15) is 0 Å². The zero-order valence-corrected chi connectivity index (χ0v) is 8.07. The first-order chi connectivity index (χ1) is 6.22. The molecule has 0 aromatic carbocycles. The molecular formula is C9H12F3O2-. The van der Waals surface area contributed by atoms with Crippen LogP contribution < -0.4 is 5.11 Å². The largest absolute Gasteiger partial charge is 0.550 e. The van der Waals surface area contributed by atoms with Crippen molar-refractivity contribution in [2.24, 2.45) is 0 Å². The standard InChI is InChI=1S/C9H13F3O2/c1-6(3-4-8(13)14)7(2)5-9(10,11)12/h3-5H2,1-2H3,(H,13,14)/p-1. The molecule has 0 aromatic rings. The number of halogens is 3. The van der Waals surface area contributed by atoms with Crippen LogP contribution in [0.5, 0.6) is 0 Å². The van der Waals surface area contributed by atoms with Crippen molar-refractivity contribution < 1.29 is 23.1 Å². The maximum atomic E-state index is 11.9. The molecule has 0 amide bonds. The lowest BCUT2D eigenvalue weighted by atomic mass is 10.0. The van der Waals surface area contributed by atoms with Crippen LogP contribution in [-0.2, 0) is 4.79 Å². The lowest BCUT2D eigenvalue weighted by molar-refractivity contribution is -0.305. The third kappa shape index (κ3) is 6.51. The van der Waals surface area contributed by atoms with Crippen molar-refractivity contribution in [1.82, 2.24) is 0 Å². The van der Waals surface area contributed by atoms with E-state index in [9.17, 15) is 23.1 Å². The summed E-state index contributed by atoms with van der Waals surface area (Å²) in [5, 5.41) is 10.1. The Labute approximate surface area is 80.4 Å². The number of carboxylic acid groups (broad SMARTS) is 1. The van der Waals surface area contributed by atoms with Gasteiger partial charge in [-0.05, 0) is 26.7 Å². The van der Waals surface area contributed by atoms with Gasteiger partial charge >= 0.3 is 6.18 Å². The number of carbonyl (C=O) groups is 1. The average Bonchev–Trinajstić information content (AvgIpc) is 1.96. The first-order valence-electron chi connectivity index (χ1n) is 4.14. The summed E-state index contributed by atoms with van der Waals surface area (Å²) in [4.78, 5) is 10.1. The first-order valence-corrected chi connectivity index (χ1v) is 4.14. The summed E-state index contributed by atoms with van der Waals surface area (Å²) in [6.45, 7) is 2.86. The Bertz CT molecular complexity index is 241. The second-order valence-corrected chi connectivity index (χ2v) is 3.22. The second kappa shape index (κ2) is 5.02. The van der Waals surface area contributed by atoms with Crippen molar-refractivity contribution in [2.45, 2.75) is 39.3 Å². The van der Waals surface area contributed by atoms with Crippen LogP contribution in [0.25, 0.3) is 0 Å². The number of rotatable bonds is 4. The number of allylic oxidation sites excluding steroid dienone is 2. The SMILES string of the molecule is CC(CCC(=O)[O-])=C(C)CC(F)(F)F. The monoisotopic (exact) mass is 209 g/mol. The molecule has 0 aliphatic rings. The molecule has 0 saturated carbocycles. The van der Waals surface area contributed by atoms with Gasteiger partial charge in [0.15, 0.2) is 0 Å². The van der Waals surface area contributed by atoms with Crippen molar-refractivity contribution in [3.63, 3.8) is 0 Å². The molecule has 0 atom stereocenters. The minimum Gasteiger partial charge on any atom is -0.550 e. The number of carboxylic acids is 1. The Morgan fingerprint density at radius 2 is 1.64 bits per heavy atom. The quantitative estimate of drug-likeness (QED) is 0.662. The van der Waals surface area contributed by atoms with E-state index in [0.717, 1.165) is 0 Å². The van der Waals surface area contributed by atoms with Crippen molar-refractivity contribution in [2.75, 3.05) is 0 Å². The van der Waals surface area contributed by atoms with Gasteiger partial charge in [0.2, 0.25) is 0 Å². The molecule has 5 heteroatoms. The fourth-order valence-corrected chi connectivity index (χ4v) is 0.955. The lowest BCUT2D eigenvalue weighted by Crippen LogP contribution is -2.21. The smallest absolute Gasteiger partial charge is 0.392 e. The number of aliphatic carboxylic acids is 1. The maximum absolute atomic E-state index is 11.9. The highest BCUT2D eigenvalue weighted by Crippen LogP contribution is 2.26. The van der Waals surface area contributed by atoms with Crippen LogP contribution in [0, 0.1) is 0 Å². The molecule has 0 unspecified atom stereocenters. The summed E-state index contributed by atoms with van der Waals surface area (Å²) in [6.07, 6.45) is -5.33. The van der Waals surface area contributed by atoms with Gasteiger partial charge < -0.3 is 9.90 Å². The van der Waals surface area contributed by atoms with Crippen LogP contribution in [0.4, 0.5) is 13.2 Å². The Hall–Kier alpha value is -1.00. The molecule has 2 nitrogen and oxygen atoms in total. The summed E-state index contributed by atoms with van der Waals surface area (Å²) < 4.78 is 35.7. The van der Waals surface area contributed by atoms with Crippen LogP contribution >= 0.6 is 0 Å². The van der Waals surface area contributed by atoms with Gasteiger partial charge in [-0.1, -0.05) is 11.1 Å². The van der Waals surface area contributed by atoms with Crippen LogP contribution in [0.15, 0.2) is 11.1 Å². The van der Waals surface area contributed by atoms with Crippen LogP contribution in [-0.4, -0.2) is 12.1 Å². The minimum absolute atomic E-state index is 0.115. The fourth-order valence-electron chi connectivity index (χ4n) is 0.955. The summed E-state index contributed by atoms with van der Waals surface area (Å²) in [7, 11) is 0. The summed E-state index contributed by atoms with van der Waals surface area (Å²) in [6, 6.07) is 0. The highest BCUT2D eigenvalue weighted by Gasteiger charge is 2.27. The molecule has 0 aliphatic heterocycles. The fraction of sp³-hybridized carbons (Fsp3) is 0.667. The van der Waals surface area contributed by atoms with E-state index in [0.29, 0.717) is 5.57 Å². The van der Waals surface area contributed by atoms with Gasteiger partial charge in [-0.25, -0.2) is 0 Å². The highest BCUT2D eigenvalue weighted by atomic mass is 19.4. The van der Waals surface area contributed by atoms with Crippen LogP contribution in [0.2, 0.25) is 0 Å². The normalized spacial score (nSPS) is 13.8. The summed E-state index contributed by atoms with van der Waals surface area (Å²) in [5.74, 6) is -1.25. The van der Waals surface area contributed by atoms with Crippen molar-refractivity contribution >= 4 is 5.97 Å². The van der Waals surface area contributed by atoms with E-state index in [-0.39, 0.29) is 18.4 Å². The third-order valence-corrected chi connectivity index (χ3v) is 1.90. The molecule has 0 radical (unpaired) electrons. The molecule has 0 aromatic heterocycles. The van der Waals surface area contributed by atoms with Crippen LogP contribution in [0.3, 0.4) is 0 Å². The second-order valence-electron chi connectivity index (χ2n) is 3.22. The lowest BCUT2D eigenvalue weighted by Gasteiger charge is -2.10. The molecular weight excluding hydrogens is 197 g/mol. The molecule has 0 spiro atoms. The number of hydrogen-bond donors (Lipinski definition) is 0. The Kier molecular flexibility index (Phi) is 4.67. The number of hydrogen-bond acceptors (Lipinski definition) is 2. The molecule has 82 valence electrons. The van der Waals surface area contributed by atoms with Gasteiger partial charge in [-0.15, -0.1) is 0 Å². The Morgan fingerprint density at radius 1 is 1.14 bits per heavy atom. The molecule has 0 saturated heterocycles. The van der Waals surface area contributed by atoms with E-state index >= 15 is 0 Å². The Balaban J connectivity index is 4.22. The third-order valence-electron chi connectivity index (χ3n) is 1.90. The first kappa shape index (κ1) is 13.0. The summed E-state index contributed by atoms with van der Waals surface area (Å²) in [5.41, 5.74) is 0.644. The molecule has 0 N–H and O–H groups in total. The predicted molar refractivity (Wildman–Crippen MR) is 43.3 cm³/mol. The van der Waals surface area contributed by atoms with Gasteiger partial charge in [0.25, 0.3) is 0 Å². The van der Waals surface area contributed by atoms with E-state index in [4.69, 9.17) is 0 Å². The van der Waals surface area contributed by atoms with Gasteiger partial charge in [0.05, 0.1) is 6.42 Å². The van der Waals surface area contributed by atoms with Crippen molar-refractivity contribution in [1.29, 1.82) is 0 Å². The Morgan fingerprint density at radius 3 is 2.00 bits per heavy atom. The average molecular weight is 209 g/mol. The van der Waals surface area contributed by atoms with E-state index in [1.807, 2.05) is 0 Å². The summed E-state index contributed by atoms with van der Waals surface area (Å²) >= 11 is 0. The zero-order valence-electron chi connectivity index (χ0n) is 8.07. The highest BCUT2D eigenvalue weighted by molar-refractivity contribution is 5.64. The van der Waals surface area contributed by atoms with Gasteiger partial charge in [-0.3, -0.25) is 0 Å². The number of alkyl halides is 3. The van der Waals surface area contributed by atoms with Crippen molar-refractivity contribution in [3.8, 4) is 0 Å². The molecule has 0 heterocycles. The molecule has 0 fully saturated rings. The van der Waals surface area contributed by atoms with E-state index in [1.54, 1.807) is 0 Å². The number of carbonyl (C=O) groups excluding carboxylic acids is 1. The predicted octanol–water partition coefficient (Wildman–Crippen LogP) is 1.81. The van der Waals surface area contributed by atoms with E-state index in [2.05, 4.69) is 0 Å².